The number of anilines is 1. The van der Waals surface area contributed by atoms with Gasteiger partial charge in [0.05, 0.1) is 0 Å². The van der Waals surface area contributed by atoms with E-state index in [4.69, 9.17) is 11.6 Å². The van der Waals surface area contributed by atoms with E-state index in [-0.39, 0.29) is 21.2 Å². The molecule has 0 aromatic carbocycles. The van der Waals surface area contributed by atoms with Gasteiger partial charge in [0.2, 0.25) is 5.95 Å². The Labute approximate surface area is 212 Å². The third-order valence-corrected chi connectivity index (χ3v) is 6.90. The topological polar surface area (TPSA) is 76.5 Å². The molecule has 0 spiro atoms. The van der Waals surface area contributed by atoms with E-state index in [1.807, 2.05) is 6.92 Å². The van der Waals surface area contributed by atoms with Gasteiger partial charge >= 0.3 is 12.4 Å². The van der Waals surface area contributed by atoms with Gasteiger partial charge in [-0.25, -0.2) is 19.9 Å². The highest BCUT2D eigenvalue weighted by molar-refractivity contribution is 7.19. The van der Waals surface area contributed by atoms with E-state index in [1.54, 1.807) is 24.5 Å². The van der Waals surface area contributed by atoms with Crippen LogP contribution >= 0.6 is 34.3 Å². The first-order valence-corrected chi connectivity index (χ1v) is 12.0. The van der Waals surface area contributed by atoms with Gasteiger partial charge in [-0.15, -0.1) is 22.7 Å². The van der Waals surface area contributed by atoms with Crippen LogP contribution in [0.1, 0.15) is 16.7 Å². The lowest BCUT2D eigenvalue weighted by atomic mass is 10.2. The van der Waals surface area contributed by atoms with E-state index in [9.17, 15) is 26.3 Å². The minimum atomic E-state index is -4.41. The molecule has 0 amide bonds. The molecule has 5 aromatic rings. The Hall–Kier alpha value is -3.10. The maximum atomic E-state index is 12.7. The molecule has 0 fully saturated rings. The van der Waals surface area contributed by atoms with Gasteiger partial charge in [-0.2, -0.15) is 26.3 Å². The summed E-state index contributed by atoms with van der Waals surface area (Å²) in [5, 5.41) is 3.48. The van der Waals surface area contributed by atoms with Crippen molar-refractivity contribution in [1.82, 2.24) is 24.9 Å². The average Bonchev–Trinajstić information content (AvgIpc) is 3.45. The minimum Gasteiger partial charge on any atom is -0.354 e. The fourth-order valence-electron chi connectivity index (χ4n) is 2.87. The highest BCUT2D eigenvalue weighted by Gasteiger charge is 2.34. The molecule has 0 radical (unpaired) electrons. The van der Waals surface area contributed by atoms with Crippen LogP contribution in [0.3, 0.4) is 0 Å². The molecule has 0 aliphatic heterocycles. The van der Waals surface area contributed by atoms with E-state index in [0.717, 1.165) is 12.1 Å². The monoisotopic (exact) mass is 562 g/mol. The molecule has 6 nitrogen and oxygen atoms in total. The average molecular weight is 563 g/mol. The molecule has 0 saturated heterocycles. The zero-order valence-corrected chi connectivity index (χ0v) is 20.3. The maximum absolute atomic E-state index is 12.7. The third kappa shape index (κ3) is 5.82. The number of nitrogens with zero attached hydrogens (tertiary/aromatic N) is 5. The summed E-state index contributed by atoms with van der Waals surface area (Å²) in [5.74, 6) is 0.631. The molecule has 15 heteroatoms. The number of halogens is 7. The van der Waals surface area contributed by atoms with Crippen molar-refractivity contribution in [2.24, 2.45) is 0 Å². The van der Waals surface area contributed by atoms with Crippen molar-refractivity contribution in [2.75, 3.05) is 11.9 Å². The Kier molecular flexibility index (Phi) is 7.29. The summed E-state index contributed by atoms with van der Waals surface area (Å²) in [4.78, 5) is 19.1. The van der Waals surface area contributed by atoms with E-state index in [0.29, 0.717) is 50.9 Å². The number of hydrogen-bond acceptors (Lipinski definition) is 8. The quantitative estimate of drug-likeness (QED) is 0.180. The fraction of sp³-hybridized carbons (Fsp3) is 0.190. The number of hydrogen-bond donors (Lipinski definition) is 1. The van der Waals surface area contributed by atoms with Gasteiger partial charge in [0.1, 0.15) is 24.6 Å². The zero-order chi connectivity index (χ0) is 26.1. The highest BCUT2D eigenvalue weighted by Crippen LogP contribution is 2.40. The van der Waals surface area contributed by atoms with Crippen molar-refractivity contribution in [3.63, 3.8) is 0 Å². The zero-order valence-electron chi connectivity index (χ0n) is 17.9. The highest BCUT2D eigenvalue weighted by atomic mass is 35.5. The van der Waals surface area contributed by atoms with E-state index < -0.39 is 22.1 Å². The van der Waals surface area contributed by atoms with Gasteiger partial charge in [0.15, 0.2) is 5.82 Å². The lowest BCUT2D eigenvalue weighted by Gasteiger charge is -2.00. The van der Waals surface area contributed by atoms with E-state index in [2.05, 4.69) is 30.2 Å². The normalized spacial score (nSPS) is 12.0. The first kappa shape index (κ1) is 26.0. The van der Waals surface area contributed by atoms with Crippen molar-refractivity contribution >= 4 is 60.7 Å². The number of alkyl halides is 6. The van der Waals surface area contributed by atoms with Gasteiger partial charge < -0.3 is 5.32 Å². The largest absolute Gasteiger partial charge is 0.425 e. The molecule has 0 saturated carbocycles. The fourth-order valence-corrected chi connectivity index (χ4v) is 4.92. The molecular formula is C21H13ClF6N6S2. The third-order valence-electron chi connectivity index (χ3n) is 4.45. The first-order valence-electron chi connectivity index (χ1n) is 9.98. The smallest absolute Gasteiger partial charge is 0.354 e. The van der Waals surface area contributed by atoms with Crippen LogP contribution in [0.25, 0.3) is 31.8 Å². The second-order valence-corrected chi connectivity index (χ2v) is 9.41. The molecule has 5 rings (SSSR count). The van der Waals surface area contributed by atoms with Crippen LogP contribution < -0.4 is 5.32 Å². The Morgan fingerprint density at radius 3 is 2.17 bits per heavy atom. The van der Waals surface area contributed by atoms with Gasteiger partial charge in [-0.1, -0.05) is 11.6 Å². The first-order chi connectivity index (χ1) is 17.0. The molecule has 1 N–H and O–H groups in total. The van der Waals surface area contributed by atoms with Gasteiger partial charge in [0.25, 0.3) is 0 Å². The molecule has 5 heterocycles. The predicted molar refractivity (Wildman–Crippen MR) is 127 cm³/mol. The summed E-state index contributed by atoms with van der Waals surface area (Å²) in [6.07, 6.45) is -4.24. The Bertz CT molecular complexity index is 1500. The number of nitrogens with one attached hydrogen (secondary N) is 1. The Morgan fingerprint density at radius 1 is 0.889 bits per heavy atom. The lowest BCUT2D eigenvalue weighted by Crippen LogP contribution is -2.00. The van der Waals surface area contributed by atoms with Gasteiger partial charge in [-0.3, -0.25) is 4.98 Å². The SMILES string of the molecule is CCNc1ncc2cc(C(F)(F)F)sc2n1.FC(F)(F)c1cc2c(Cl)nc(-c3ccncc3)nc2s1. The number of fused-ring (bicyclic) bond motifs is 2. The number of rotatable bonds is 3. The van der Waals surface area contributed by atoms with Crippen molar-refractivity contribution < 1.29 is 26.3 Å². The second kappa shape index (κ2) is 10.1. The van der Waals surface area contributed by atoms with Crippen LogP contribution in [0.4, 0.5) is 32.3 Å². The van der Waals surface area contributed by atoms with Crippen LogP contribution in [0, 0.1) is 0 Å². The summed E-state index contributed by atoms with van der Waals surface area (Å²) in [6, 6.07) is 5.36. The molecule has 0 unspecified atom stereocenters. The number of thiophene rings is 2. The van der Waals surface area contributed by atoms with Crippen LogP contribution in [-0.4, -0.2) is 31.5 Å². The maximum Gasteiger partial charge on any atom is 0.425 e. The molecular weight excluding hydrogens is 550 g/mol. The van der Waals surface area contributed by atoms with Crippen molar-refractivity contribution in [3.8, 4) is 11.4 Å². The number of aromatic nitrogens is 5. The molecule has 36 heavy (non-hydrogen) atoms. The molecule has 0 atom stereocenters. The van der Waals surface area contributed by atoms with E-state index >= 15 is 0 Å². The molecule has 0 aliphatic carbocycles. The predicted octanol–water partition coefficient (Wildman–Crippen LogP) is 7.57. The molecule has 188 valence electrons. The van der Waals surface area contributed by atoms with Gasteiger partial charge in [-0.05, 0) is 31.2 Å². The lowest BCUT2D eigenvalue weighted by molar-refractivity contribution is -0.135. The van der Waals surface area contributed by atoms with Crippen molar-refractivity contribution in [2.45, 2.75) is 19.3 Å². The van der Waals surface area contributed by atoms with Crippen LogP contribution in [0.2, 0.25) is 5.15 Å². The number of pyridine rings is 1. The second-order valence-electron chi connectivity index (χ2n) is 6.99. The van der Waals surface area contributed by atoms with E-state index in [1.165, 1.54) is 6.20 Å². The van der Waals surface area contributed by atoms with Gasteiger partial charge in [0, 0.05) is 41.5 Å². The summed E-state index contributed by atoms with van der Waals surface area (Å²) < 4.78 is 75.3. The Morgan fingerprint density at radius 2 is 1.53 bits per heavy atom. The van der Waals surface area contributed by atoms with Crippen LogP contribution in [-0.2, 0) is 12.4 Å². The molecule has 0 bridgehead atoms. The van der Waals surface area contributed by atoms with Crippen molar-refractivity contribution in [1.29, 1.82) is 0 Å². The molecule has 5 aromatic heterocycles. The standard InChI is InChI=1S/C12H5ClF3N3S.C9H8F3N3S/c13-9-7-5-8(12(14,15)16)20-11(7)19-10(18-9)6-1-3-17-4-2-6;1-2-13-8-14-4-5-3-6(9(10,11)12)16-7(5)15-8/h1-5H;3-4H,2H2,1H3,(H,13,14,15). The summed E-state index contributed by atoms with van der Waals surface area (Å²) >= 11 is 7.13. The van der Waals surface area contributed by atoms with Crippen LogP contribution in [0.15, 0.2) is 42.9 Å². The minimum absolute atomic E-state index is 0.00793. The summed E-state index contributed by atoms with van der Waals surface area (Å²) in [6.45, 7) is 2.49. The van der Waals surface area contributed by atoms with Crippen LogP contribution in [0.5, 0.6) is 0 Å². The Balaban J connectivity index is 0.000000174. The summed E-state index contributed by atoms with van der Waals surface area (Å²) in [7, 11) is 0. The summed E-state index contributed by atoms with van der Waals surface area (Å²) in [5.41, 5.74) is 0.644. The van der Waals surface area contributed by atoms with Crippen molar-refractivity contribution in [3.05, 3.63) is 57.8 Å². The molecule has 0 aliphatic rings.